The second-order valence-electron chi connectivity index (χ2n) is 5.94. The minimum atomic E-state index is 0. The van der Waals surface area contributed by atoms with E-state index in [1.807, 2.05) is 56.4 Å². The van der Waals surface area contributed by atoms with Gasteiger partial charge >= 0.3 is 0 Å². The van der Waals surface area contributed by atoms with Gasteiger partial charge in [-0.2, -0.15) is 0 Å². The van der Waals surface area contributed by atoms with Crippen molar-refractivity contribution in [3.8, 4) is 5.75 Å². The Balaban J connectivity index is 0.00000208. The number of nitrogens with zero attached hydrogens (tertiary/aromatic N) is 1. The Kier molecular flexibility index (Phi) is 6.10. The molecule has 4 nitrogen and oxygen atoms in total. The number of fused-ring (bicyclic) bond motifs is 1. The summed E-state index contributed by atoms with van der Waals surface area (Å²) in [5.41, 5.74) is 4.31. The highest BCUT2D eigenvalue weighted by Gasteiger charge is 2.16. The standard InChI is InChI=1S/C19H22N2O2.ClH/c1-14-3-6-17(7-4-14)23-12-11-21(2)19(22)16-5-8-18-15(13-16)9-10-20-18;/h3-8,13,20H,9-12H2,1-2H3;1H. The molecule has 5 heteroatoms. The van der Waals surface area contributed by atoms with Crippen LogP contribution in [-0.4, -0.2) is 37.6 Å². The number of rotatable bonds is 5. The minimum Gasteiger partial charge on any atom is -0.492 e. The van der Waals surface area contributed by atoms with Crippen molar-refractivity contribution in [2.24, 2.45) is 0 Å². The smallest absolute Gasteiger partial charge is 0.253 e. The van der Waals surface area contributed by atoms with E-state index in [4.69, 9.17) is 4.74 Å². The number of amides is 1. The van der Waals surface area contributed by atoms with Crippen LogP contribution in [0.3, 0.4) is 0 Å². The van der Waals surface area contributed by atoms with Crippen molar-refractivity contribution in [1.29, 1.82) is 0 Å². The van der Waals surface area contributed by atoms with E-state index in [9.17, 15) is 4.79 Å². The molecular formula is C19H23ClN2O2. The number of nitrogens with one attached hydrogen (secondary N) is 1. The molecule has 0 saturated heterocycles. The topological polar surface area (TPSA) is 41.6 Å². The Bertz CT molecular complexity index is 701. The predicted molar refractivity (Wildman–Crippen MR) is 99.5 cm³/mol. The number of carbonyl (C=O) groups excluding carboxylic acids is 1. The van der Waals surface area contributed by atoms with Crippen molar-refractivity contribution in [2.45, 2.75) is 13.3 Å². The van der Waals surface area contributed by atoms with E-state index in [1.54, 1.807) is 4.90 Å². The number of benzene rings is 2. The maximum absolute atomic E-state index is 12.5. The second kappa shape index (κ2) is 8.06. The molecule has 1 heterocycles. The van der Waals surface area contributed by atoms with Crippen LogP contribution in [0.4, 0.5) is 5.69 Å². The molecule has 0 saturated carbocycles. The molecule has 0 unspecified atom stereocenters. The van der Waals surface area contributed by atoms with E-state index in [0.717, 1.165) is 30.0 Å². The molecule has 1 aliphatic heterocycles. The molecule has 1 aliphatic rings. The lowest BCUT2D eigenvalue weighted by Gasteiger charge is -2.18. The summed E-state index contributed by atoms with van der Waals surface area (Å²) in [7, 11) is 1.81. The van der Waals surface area contributed by atoms with Gasteiger partial charge in [-0.1, -0.05) is 17.7 Å². The molecule has 3 rings (SSSR count). The maximum Gasteiger partial charge on any atom is 0.253 e. The zero-order chi connectivity index (χ0) is 16.2. The Morgan fingerprint density at radius 1 is 1.21 bits per heavy atom. The molecule has 24 heavy (non-hydrogen) atoms. The highest BCUT2D eigenvalue weighted by molar-refractivity contribution is 5.94. The normalized spacial score (nSPS) is 11.9. The summed E-state index contributed by atoms with van der Waals surface area (Å²) in [4.78, 5) is 14.2. The summed E-state index contributed by atoms with van der Waals surface area (Å²) < 4.78 is 5.69. The maximum atomic E-state index is 12.5. The molecule has 0 fully saturated rings. The van der Waals surface area contributed by atoms with Gasteiger partial charge in [0.25, 0.3) is 5.91 Å². The van der Waals surface area contributed by atoms with Crippen LogP contribution in [0, 0.1) is 6.92 Å². The second-order valence-corrected chi connectivity index (χ2v) is 5.94. The number of likely N-dealkylation sites (N-methyl/N-ethyl adjacent to an activating group) is 1. The SMILES string of the molecule is Cc1ccc(OCCN(C)C(=O)c2ccc3c(c2)CCN3)cc1.Cl. The Morgan fingerprint density at radius 2 is 1.96 bits per heavy atom. The Labute approximate surface area is 149 Å². The van der Waals surface area contributed by atoms with Crippen LogP contribution in [0.5, 0.6) is 5.75 Å². The number of hydrogen-bond acceptors (Lipinski definition) is 3. The fourth-order valence-corrected chi connectivity index (χ4v) is 2.69. The van der Waals surface area contributed by atoms with Gasteiger partial charge in [-0.15, -0.1) is 12.4 Å². The van der Waals surface area contributed by atoms with Crippen molar-refractivity contribution in [3.05, 3.63) is 59.2 Å². The molecule has 128 valence electrons. The molecule has 1 N–H and O–H groups in total. The first-order valence-electron chi connectivity index (χ1n) is 7.95. The molecular weight excluding hydrogens is 324 g/mol. The Hall–Kier alpha value is -2.20. The van der Waals surface area contributed by atoms with Gasteiger partial charge in [-0.25, -0.2) is 0 Å². The van der Waals surface area contributed by atoms with Gasteiger partial charge in [-0.05, 0) is 49.2 Å². The van der Waals surface area contributed by atoms with Gasteiger partial charge in [0.05, 0.1) is 6.54 Å². The van der Waals surface area contributed by atoms with Crippen molar-refractivity contribution in [1.82, 2.24) is 4.90 Å². The van der Waals surface area contributed by atoms with Crippen molar-refractivity contribution < 1.29 is 9.53 Å². The molecule has 0 spiro atoms. The first kappa shape index (κ1) is 18.1. The molecule has 0 aliphatic carbocycles. The highest BCUT2D eigenvalue weighted by atomic mass is 35.5. The third-order valence-electron chi connectivity index (χ3n) is 4.13. The molecule has 0 bridgehead atoms. The van der Waals surface area contributed by atoms with E-state index in [0.29, 0.717) is 13.2 Å². The first-order chi connectivity index (χ1) is 11.1. The largest absolute Gasteiger partial charge is 0.492 e. The zero-order valence-corrected chi connectivity index (χ0v) is 14.9. The van der Waals surface area contributed by atoms with Gasteiger partial charge < -0.3 is 15.0 Å². The van der Waals surface area contributed by atoms with Crippen LogP contribution in [0.2, 0.25) is 0 Å². The number of carbonyl (C=O) groups is 1. The van der Waals surface area contributed by atoms with E-state index in [2.05, 4.69) is 5.32 Å². The van der Waals surface area contributed by atoms with E-state index >= 15 is 0 Å². The van der Waals surface area contributed by atoms with Gasteiger partial charge in [0.1, 0.15) is 12.4 Å². The van der Waals surface area contributed by atoms with Crippen LogP contribution >= 0.6 is 12.4 Å². The monoisotopic (exact) mass is 346 g/mol. The average molecular weight is 347 g/mol. The quantitative estimate of drug-likeness (QED) is 0.900. The van der Waals surface area contributed by atoms with Crippen LogP contribution in [0.25, 0.3) is 0 Å². The minimum absolute atomic E-state index is 0. The summed E-state index contributed by atoms with van der Waals surface area (Å²) in [5.74, 6) is 0.868. The highest BCUT2D eigenvalue weighted by Crippen LogP contribution is 2.23. The molecule has 1 amide bonds. The number of halogens is 1. The fraction of sp³-hybridized carbons (Fsp3) is 0.316. The number of ether oxygens (including phenoxy) is 1. The summed E-state index contributed by atoms with van der Waals surface area (Å²) >= 11 is 0. The van der Waals surface area contributed by atoms with Crippen molar-refractivity contribution in [3.63, 3.8) is 0 Å². The van der Waals surface area contributed by atoms with E-state index in [-0.39, 0.29) is 18.3 Å². The van der Waals surface area contributed by atoms with Gasteiger partial charge in [0, 0.05) is 24.8 Å². The van der Waals surface area contributed by atoms with Crippen molar-refractivity contribution >= 4 is 24.0 Å². The molecule has 2 aromatic carbocycles. The summed E-state index contributed by atoms with van der Waals surface area (Å²) in [6.07, 6.45) is 0.983. The lowest BCUT2D eigenvalue weighted by atomic mass is 10.1. The summed E-state index contributed by atoms with van der Waals surface area (Å²) in [6.45, 7) is 4.04. The molecule has 0 radical (unpaired) electrons. The van der Waals surface area contributed by atoms with E-state index in [1.165, 1.54) is 11.1 Å². The number of anilines is 1. The molecule has 0 aromatic heterocycles. The zero-order valence-electron chi connectivity index (χ0n) is 14.0. The van der Waals surface area contributed by atoms with E-state index < -0.39 is 0 Å². The van der Waals surface area contributed by atoms with Crippen molar-refractivity contribution in [2.75, 3.05) is 32.1 Å². The van der Waals surface area contributed by atoms with Crippen LogP contribution in [0.15, 0.2) is 42.5 Å². The molecule has 2 aromatic rings. The van der Waals surface area contributed by atoms with Crippen LogP contribution in [-0.2, 0) is 6.42 Å². The third kappa shape index (κ3) is 4.20. The van der Waals surface area contributed by atoms with Gasteiger partial charge in [0.2, 0.25) is 0 Å². The average Bonchev–Trinajstić information content (AvgIpc) is 3.03. The summed E-state index contributed by atoms with van der Waals surface area (Å²) in [6, 6.07) is 13.8. The van der Waals surface area contributed by atoms with Gasteiger partial charge in [0.15, 0.2) is 0 Å². The van der Waals surface area contributed by atoms with Crippen LogP contribution < -0.4 is 10.1 Å². The van der Waals surface area contributed by atoms with Gasteiger partial charge in [-0.3, -0.25) is 4.79 Å². The Morgan fingerprint density at radius 3 is 2.71 bits per heavy atom. The first-order valence-corrected chi connectivity index (χ1v) is 7.95. The number of aryl methyl sites for hydroxylation is 1. The number of hydrogen-bond donors (Lipinski definition) is 1. The third-order valence-corrected chi connectivity index (χ3v) is 4.13. The predicted octanol–water partition coefficient (Wildman–Crippen LogP) is 3.54. The fourth-order valence-electron chi connectivity index (χ4n) is 2.69. The lowest BCUT2D eigenvalue weighted by Crippen LogP contribution is -2.30. The summed E-state index contributed by atoms with van der Waals surface area (Å²) in [5, 5.41) is 3.31. The molecule has 0 atom stereocenters. The van der Waals surface area contributed by atoms with Crippen LogP contribution in [0.1, 0.15) is 21.5 Å². The lowest BCUT2D eigenvalue weighted by molar-refractivity contribution is 0.0773.